The van der Waals surface area contributed by atoms with E-state index in [1.54, 1.807) is 11.3 Å². The topological polar surface area (TPSA) is 62.0 Å². The number of benzene rings is 2. The molecule has 6 heteroatoms. The fourth-order valence-electron chi connectivity index (χ4n) is 1.95. The van der Waals surface area contributed by atoms with E-state index in [-0.39, 0.29) is 0 Å². The summed E-state index contributed by atoms with van der Waals surface area (Å²) in [5, 5.41) is 13.7. The van der Waals surface area contributed by atoms with Gasteiger partial charge in [0.05, 0.1) is 11.4 Å². The van der Waals surface area contributed by atoms with Crippen molar-refractivity contribution in [3.63, 3.8) is 0 Å². The second-order valence-electron chi connectivity index (χ2n) is 5.11. The van der Waals surface area contributed by atoms with E-state index < -0.39 is 0 Å². The summed E-state index contributed by atoms with van der Waals surface area (Å²) in [6, 6.07) is 19.3. The average molecular weight is 335 g/mol. The van der Waals surface area contributed by atoms with Gasteiger partial charge in [-0.05, 0) is 26.0 Å². The molecule has 0 amide bonds. The molecule has 0 unspecified atom stereocenters. The van der Waals surface area contributed by atoms with Gasteiger partial charge in [-0.25, -0.2) is 4.98 Å². The molecule has 120 valence electrons. The first kappa shape index (κ1) is 16.0. The van der Waals surface area contributed by atoms with Gasteiger partial charge in [-0.15, -0.1) is 21.6 Å². The Morgan fingerprint density at radius 2 is 1.62 bits per heavy atom. The van der Waals surface area contributed by atoms with Gasteiger partial charge in [0.15, 0.2) is 0 Å². The van der Waals surface area contributed by atoms with E-state index in [1.165, 1.54) is 4.88 Å². The number of hydrogen-bond donors (Lipinski definition) is 1. The quantitative estimate of drug-likeness (QED) is 0.304. The summed E-state index contributed by atoms with van der Waals surface area (Å²) >= 11 is 1.56. The Morgan fingerprint density at radius 1 is 0.958 bits per heavy atom. The molecule has 0 atom stereocenters. The highest BCUT2D eigenvalue weighted by atomic mass is 32.1. The highest BCUT2D eigenvalue weighted by Gasteiger charge is 2.05. The zero-order valence-corrected chi connectivity index (χ0v) is 14.3. The first-order valence-corrected chi connectivity index (χ1v) is 8.34. The number of aromatic nitrogens is 1. The van der Waals surface area contributed by atoms with Crippen LogP contribution in [0.4, 0.5) is 10.8 Å². The van der Waals surface area contributed by atoms with Crippen LogP contribution >= 0.6 is 11.3 Å². The van der Waals surface area contributed by atoms with Gasteiger partial charge in [0, 0.05) is 10.4 Å². The molecule has 0 bridgehead atoms. The molecule has 0 aliphatic carbocycles. The number of anilines is 1. The maximum atomic E-state index is 4.42. The summed E-state index contributed by atoms with van der Waals surface area (Å²) in [6.45, 7) is 4.02. The van der Waals surface area contributed by atoms with Crippen LogP contribution in [0.3, 0.4) is 0 Å². The summed E-state index contributed by atoms with van der Waals surface area (Å²) in [7, 11) is 0. The Hall–Kier alpha value is -2.86. The van der Waals surface area contributed by atoms with Gasteiger partial charge in [0.25, 0.3) is 0 Å². The summed E-state index contributed by atoms with van der Waals surface area (Å²) in [6.07, 6.45) is 0. The minimum atomic E-state index is 0.505. The molecule has 0 saturated heterocycles. The van der Waals surface area contributed by atoms with Crippen molar-refractivity contribution in [3.8, 4) is 0 Å². The first-order chi connectivity index (χ1) is 11.7. The maximum Gasteiger partial charge on any atom is 0.203 e. The van der Waals surface area contributed by atoms with Crippen molar-refractivity contribution in [1.29, 1.82) is 0 Å². The lowest BCUT2D eigenvalue weighted by molar-refractivity contribution is 1.18. The third-order valence-electron chi connectivity index (χ3n) is 3.33. The Bertz CT molecular complexity index is 834. The number of azo groups is 1. The van der Waals surface area contributed by atoms with E-state index in [4.69, 9.17) is 0 Å². The molecule has 0 aliphatic rings. The molecule has 0 fully saturated rings. The van der Waals surface area contributed by atoms with Crippen LogP contribution in [0.25, 0.3) is 0 Å². The number of rotatable bonds is 4. The molecule has 1 aromatic heterocycles. The Morgan fingerprint density at radius 3 is 2.25 bits per heavy atom. The van der Waals surface area contributed by atoms with Crippen LogP contribution in [0.15, 0.2) is 76.0 Å². The molecular formula is C18H17N5S. The molecule has 3 rings (SSSR count). The molecule has 3 aromatic rings. The number of amidine groups is 1. The molecule has 1 N–H and O–H groups in total. The lowest BCUT2D eigenvalue weighted by Gasteiger charge is -2.01. The Balaban J connectivity index is 1.87. The van der Waals surface area contributed by atoms with Crippen LogP contribution in [-0.4, -0.2) is 10.8 Å². The molecule has 0 saturated carbocycles. The SMILES string of the molecule is Cc1nc(N/N=C(/N=N/c2ccccc2)c2ccccc2)sc1C. The van der Waals surface area contributed by atoms with Crippen LogP contribution in [0.5, 0.6) is 0 Å². The van der Waals surface area contributed by atoms with E-state index in [9.17, 15) is 0 Å². The fourth-order valence-corrected chi connectivity index (χ4v) is 2.71. The zero-order chi connectivity index (χ0) is 16.8. The van der Waals surface area contributed by atoms with Crippen molar-refractivity contribution in [2.45, 2.75) is 13.8 Å². The largest absolute Gasteiger partial charge is 0.250 e. The summed E-state index contributed by atoms with van der Waals surface area (Å²) in [5.41, 5.74) is 5.65. The van der Waals surface area contributed by atoms with Crippen LogP contribution in [0, 0.1) is 13.8 Å². The van der Waals surface area contributed by atoms with E-state index in [2.05, 4.69) is 25.7 Å². The molecule has 5 nitrogen and oxygen atoms in total. The number of hydrogen-bond acceptors (Lipinski definition) is 5. The van der Waals surface area contributed by atoms with Crippen molar-refractivity contribution >= 4 is 28.0 Å². The monoisotopic (exact) mass is 335 g/mol. The summed E-state index contributed by atoms with van der Waals surface area (Å²) in [4.78, 5) is 5.59. The summed E-state index contributed by atoms with van der Waals surface area (Å²) < 4.78 is 0. The van der Waals surface area contributed by atoms with E-state index in [0.717, 1.165) is 22.1 Å². The number of thiazole rings is 1. The highest BCUT2D eigenvalue weighted by molar-refractivity contribution is 7.15. The lowest BCUT2D eigenvalue weighted by Crippen LogP contribution is -2.00. The first-order valence-electron chi connectivity index (χ1n) is 7.52. The summed E-state index contributed by atoms with van der Waals surface area (Å²) in [5.74, 6) is 0.505. The molecule has 1 heterocycles. The lowest BCUT2D eigenvalue weighted by atomic mass is 10.2. The second kappa shape index (κ2) is 7.61. The zero-order valence-electron chi connectivity index (χ0n) is 13.5. The van der Waals surface area contributed by atoms with Crippen molar-refractivity contribution in [3.05, 3.63) is 76.8 Å². The van der Waals surface area contributed by atoms with Gasteiger partial charge in [0.1, 0.15) is 0 Å². The molecular weight excluding hydrogens is 318 g/mol. The predicted octanol–water partition coefficient (Wildman–Crippen LogP) is 5.32. The van der Waals surface area contributed by atoms with Crippen LogP contribution in [-0.2, 0) is 0 Å². The van der Waals surface area contributed by atoms with Crippen molar-refractivity contribution in [2.24, 2.45) is 15.3 Å². The van der Waals surface area contributed by atoms with E-state index >= 15 is 0 Å². The molecule has 2 aromatic carbocycles. The predicted molar refractivity (Wildman–Crippen MR) is 99.1 cm³/mol. The molecule has 24 heavy (non-hydrogen) atoms. The molecule has 0 spiro atoms. The third kappa shape index (κ3) is 4.11. The van der Waals surface area contributed by atoms with Gasteiger partial charge in [-0.3, -0.25) is 5.43 Å². The van der Waals surface area contributed by atoms with Crippen LogP contribution < -0.4 is 5.43 Å². The number of nitrogens with zero attached hydrogens (tertiary/aromatic N) is 4. The van der Waals surface area contributed by atoms with Crippen LogP contribution in [0.2, 0.25) is 0 Å². The number of hydrazone groups is 1. The van der Waals surface area contributed by atoms with Crippen LogP contribution in [0.1, 0.15) is 16.1 Å². The minimum absolute atomic E-state index is 0.505. The van der Waals surface area contributed by atoms with Gasteiger partial charge < -0.3 is 0 Å². The Labute approximate surface area is 144 Å². The second-order valence-corrected chi connectivity index (χ2v) is 6.31. The minimum Gasteiger partial charge on any atom is -0.250 e. The van der Waals surface area contributed by atoms with Gasteiger partial charge in [-0.1, -0.05) is 48.5 Å². The Kier molecular flexibility index (Phi) is 5.08. The molecule has 0 aliphatic heterocycles. The van der Waals surface area contributed by atoms with Crippen molar-refractivity contribution in [1.82, 2.24) is 4.98 Å². The fraction of sp³-hybridized carbons (Fsp3) is 0.111. The van der Waals surface area contributed by atoms with E-state index in [1.807, 2.05) is 74.5 Å². The molecule has 0 radical (unpaired) electrons. The van der Waals surface area contributed by atoms with Gasteiger partial charge in [-0.2, -0.15) is 5.10 Å². The van der Waals surface area contributed by atoms with Crippen molar-refractivity contribution < 1.29 is 0 Å². The third-order valence-corrected chi connectivity index (χ3v) is 4.31. The number of aryl methyl sites for hydroxylation is 2. The number of nitrogens with one attached hydrogen (secondary N) is 1. The smallest absolute Gasteiger partial charge is 0.203 e. The van der Waals surface area contributed by atoms with Gasteiger partial charge in [0.2, 0.25) is 11.0 Å². The van der Waals surface area contributed by atoms with Crippen molar-refractivity contribution in [2.75, 3.05) is 5.43 Å². The standard InChI is InChI=1S/C18H17N5S/c1-13-14(2)24-18(19-13)23-22-17(15-9-5-3-6-10-15)21-20-16-11-7-4-8-12-16/h3-12H,1-2H3,(H,19,23)/b21-20+,22-17+. The normalized spacial score (nSPS) is 11.8. The maximum absolute atomic E-state index is 4.42. The highest BCUT2D eigenvalue weighted by Crippen LogP contribution is 2.21. The van der Waals surface area contributed by atoms with Gasteiger partial charge >= 0.3 is 0 Å². The average Bonchev–Trinajstić information content (AvgIpc) is 2.94. The van der Waals surface area contributed by atoms with E-state index in [0.29, 0.717) is 5.84 Å².